The normalized spacial score (nSPS) is 11.4. The van der Waals surface area contributed by atoms with Gasteiger partial charge in [0.1, 0.15) is 12.4 Å². The molecule has 0 aliphatic carbocycles. The SMILES string of the molecule is CC(C)(C)c1ccc(OCc2nnc(NN)s2)cc1. The minimum absolute atomic E-state index is 0.152. The van der Waals surface area contributed by atoms with Gasteiger partial charge in [-0.3, -0.25) is 5.43 Å². The molecule has 0 fully saturated rings. The maximum atomic E-state index is 5.66. The molecular formula is C13H18N4OS. The Labute approximate surface area is 116 Å². The van der Waals surface area contributed by atoms with Crippen LogP contribution in [0.4, 0.5) is 5.13 Å². The number of hydrogen-bond donors (Lipinski definition) is 2. The van der Waals surface area contributed by atoms with Gasteiger partial charge in [-0.1, -0.05) is 44.2 Å². The van der Waals surface area contributed by atoms with Crippen LogP contribution in [-0.2, 0) is 12.0 Å². The van der Waals surface area contributed by atoms with E-state index in [0.717, 1.165) is 10.8 Å². The highest BCUT2D eigenvalue weighted by molar-refractivity contribution is 7.15. The minimum atomic E-state index is 0.152. The van der Waals surface area contributed by atoms with Crippen molar-refractivity contribution in [3.63, 3.8) is 0 Å². The first-order valence-electron chi connectivity index (χ1n) is 6.01. The number of nitrogens with zero attached hydrogens (tertiary/aromatic N) is 2. The number of nitrogen functional groups attached to an aromatic ring is 1. The quantitative estimate of drug-likeness (QED) is 0.664. The van der Waals surface area contributed by atoms with Gasteiger partial charge in [0, 0.05) is 0 Å². The van der Waals surface area contributed by atoms with E-state index in [1.54, 1.807) is 0 Å². The molecule has 102 valence electrons. The smallest absolute Gasteiger partial charge is 0.219 e. The molecule has 3 N–H and O–H groups in total. The Morgan fingerprint density at radius 2 is 1.89 bits per heavy atom. The molecule has 0 atom stereocenters. The van der Waals surface area contributed by atoms with E-state index in [2.05, 4.69) is 48.5 Å². The van der Waals surface area contributed by atoms with Gasteiger partial charge in [-0.25, -0.2) is 5.84 Å². The standard InChI is InChI=1S/C13H18N4OS/c1-13(2,3)9-4-6-10(7-5-9)18-8-11-16-17-12(15-14)19-11/h4-7H,8,14H2,1-3H3,(H,15,17). The van der Waals surface area contributed by atoms with E-state index in [9.17, 15) is 0 Å². The summed E-state index contributed by atoms with van der Waals surface area (Å²) in [5, 5.41) is 9.18. The van der Waals surface area contributed by atoms with E-state index >= 15 is 0 Å². The van der Waals surface area contributed by atoms with E-state index in [1.807, 2.05) is 12.1 Å². The molecular weight excluding hydrogens is 260 g/mol. The number of hydrogen-bond acceptors (Lipinski definition) is 6. The highest BCUT2D eigenvalue weighted by atomic mass is 32.1. The van der Waals surface area contributed by atoms with Gasteiger partial charge in [-0.2, -0.15) is 0 Å². The number of rotatable bonds is 4. The maximum absolute atomic E-state index is 5.66. The summed E-state index contributed by atoms with van der Waals surface area (Å²) in [4.78, 5) is 0. The highest BCUT2D eigenvalue weighted by Gasteiger charge is 2.13. The summed E-state index contributed by atoms with van der Waals surface area (Å²) in [6.07, 6.45) is 0. The maximum Gasteiger partial charge on any atom is 0.219 e. The zero-order chi connectivity index (χ0) is 13.9. The second kappa shape index (κ2) is 5.54. The molecule has 6 heteroatoms. The molecule has 0 radical (unpaired) electrons. The fraction of sp³-hybridized carbons (Fsp3) is 0.385. The van der Waals surface area contributed by atoms with Crippen LogP contribution in [0, 0.1) is 0 Å². The first-order valence-corrected chi connectivity index (χ1v) is 6.83. The molecule has 0 bridgehead atoms. The van der Waals surface area contributed by atoms with Gasteiger partial charge in [0.25, 0.3) is 0 Å². The Morgan fingerprint density at radius 3 is 2.42 bits per heavy atom. The van der Waals surface area contributed by atoms with Crippen LogP contribution in [0.15, 0.2) is 24.3 Å². The summed E-state index contributed by atoms with van der Waals surface area (Å²) in [5.41, 5.74) is 3.89. The lowest BCUT2D eigenvalue weighted by Crippen LogP contribution is -2.10. The molecule has 0 amide bonds. The number of aromatic nitrogens is 2. The second-order valence-corrected chi connectivity index (χ2v) is 6.27. The van der Waals surface area contributed by atoms with Gasteiger partial charge in [-0.05, 0) is 23.1 Å². The van der Waals surface area contributed by atoms with Crippen LogP contribution in [0.2, 0.25) is 0 Å². The number of anilines is 1. The number of nitrogens with two attached hydrogens (primary N) is 1. The molecule has 5 nitrogen and oxygen atoms in total. The summed E-state index contributed by atoms with van der Waals surface area (Å²) in [7, 11) is 0. The van der Waals surface area contributed by atoms with Gasteiger partial charge in [0.05, 0.1) is 0 Å². The second-order valence-electron chi connectivity index (χ2n) is 5.21. The summed E-state index contributed by atoms with van der Waals surface area (Å²) >= 11 is 1.38. The molecule has 0 aliphatic heterocycles. The van der Waals surface area contributed by atoms with Crippen LogP contribution in [-0.4, -0.2) is 10.2 Å². The van der Waals surface area contributed by atoms with Crippen LogP contribution < -0.4 is 16.0 Å². The van der Waals surface area contributed by atoms with Crippen molar-refractivity contribution in [1.29, 1.82) is 0 Å². The highest BCUT2D eigenvalue weighted by Crippen LogP contribution is 2.25. The Morgan fingerprint density at radius 1 is 1.21 bits per heavy atom. The van der Waals surface area contributed by atoms with Gasteiger partial charge in [-0.15, -0.1) is 10.2 Å². The lowest BCUT2D eigenvalue weighted by Gasteiger charge is -2.19. The molecule has 0 unspecified atom stereocenters. The van der Waals surface area contributed by atoms with Crippen molar-refractivity contribution in [3.8, 4) is 5.75 Å². The van der Waals surface area contributed by atoms with Crippen LogP contribution in [0.1, 0.15) is 31.3 Å². The Bertz CT molecular complexity index is 530. The van der Waals surface area contributed by atoms with Crippen molar-refractivity contribution in [2.24, 2.45) is 5.84 Å². The Hall–Kier alpha value is -1.66. The lowest BCUT2D eigenvalue weighted by atomic mass is 9.87. The van der Waals surface area contributed by atoms with E-state index in [4.69, 9.17) is 10.6 Å². The fourth-order valence-corrected chi connectivity index (χ4v) is 2.13. The summed E-state index contributed by atoms with van der Waals surface area (Å²) in [6, 6.07) is 8.12. The Kier molecular flexibility index (Phi) is 4.01. The number of hydrazine groups is 1. The first-order chi connectivity index (χ1) is 8.99. The fourth-order valence-electron chi connectivity index (χ4n) is 1.57. The van der Waals surface area contributed by atoms with Gasteiger partial charge < -0.3 is 4.74 Å². The van der Waals surface area contributed by atoms with Crippen molar-refractivity contribution in [2.75, 3.05) is 5.43 Å². The van der Waals surface area contributed by atoms with E-state index in [1.165, 1.54) is 16.9 Å². The molecule has 19 heavy (non-hydrogen) atoms. The van der Waals surface area contributed by atoms with Crippen molar-refractivity contribution < 1.29 is 4.74 Å². The molecule has 0 spiro atoms. The molecule has 0 saturated carbocycles. The summed E-state index contributed by atoms with van der Waals surface area (Å²) < 4.78 is 5.66. The van der Waals surface area contributed by atoms with Crippen molar-refractivity contribution in [2.45, 2.75) is 32.8 Å². The molecule has 0 saturated heterocycles. The van der Waals surface area contributed by atoms with Crippen molar-refractivity contribution in [1.82, 2.24) is 10.2 Å². The number of benzene rings is 1. The number of ether oxygens (including phenoxy) is 1. The van der Waals surface area contributed by atoms with Crippen molar-refractivity contribution in [3.05, 3.63) is 34.8 Å². The van der Waals surface area contributed by atoms with Crippen LogP contribution in [0.3, 0.4) is 0 Å². The third kappa shape index (κ3) is 3.65. The Balaban J connectivity index is 1.96. The number of nitrogens with one attached hydrogen (secondary N) is 1. The zero-order valence-electron chi connectivity index (χ0n) is 11.3. The zero-order valence-corrected chi connectivity index (χ0v) is 12.1. The largest absolute Gasteiger partial charge is 0.486 e. The topological polar surface area (TPSA) is 73.1 Å². The molecule has 2 rings (SSSR count). The summed E-state index contributed by atoms with van der Waals surface area (Å²) in [6.45, 7) is 6.95. The predicted octanol–water partition coefficient (Wildman–Crippen LogP) is 2.70. The van der Waals surface area contributed by atoms with Crippen LogP contribution in [0.25, 0.3) is 0 Å². The lowest BCUT2D eigenvalue weighted by molar-refractivity contribution is 0.304. The monoisotopic (exact) mass is 278 g/mol. The van der Waals surface area contributed by atoms with Crippen molar-refractivity contribution >= 4 is 16.5 Å². The molecule has 1 heterocycles. The van der Waals surface area contributed by atoms with Gasteiger partial charge >= 0.3 is 0 Å². The molecule has 1 aromatic carbocycles. The first kappa shape index (κ1) is 13.8. The average Bonchev–Trinajstić information content (AvgIpc) is 2.84. The van der Waals surface area contributed by atoms with Gasteiger partial charge in [0.15, 0.2) is 5.01 Å². The molecule has 0 aliphatic rings. The van der Waals surface area contributed by atoms with Crippen LogP contribution >= 0.6 is 11.3 Å². The third-order valence-corrected chi connectivity index (χ3v) is 3.50. The predicted molar refractivity (Wildman–Crippen MR) is 77.2 cm³/mol. The summed E-state index contributed by atoms with van der Waals surface area (Å²) in [5.74, 6) is 6.07. The van der Waals surface area contributed by atoms with E-state index in [-0.39, 0.29) is 5.41 Å². The van der Waals surface area contributed by atoms with E-state index < -0.39 is 0 Å². The third-order valence-electron chi connectivity index (χ3n) is 2.67. The molecule has 1 aromatic heterocycles. The van der Waals surface area contributed by atoms with Crippen LogP contribution in [0.5, 0.6) is 5.75 Å². The minimum Gasteiger partial charge on any atom is -0.486 e. The van der Waals surface area contributed by atoms with E-state index in [0.29, 0.717) is 11.7 Å². The average molecular weight is 278 g/mol. The van der Waals surface area contributed by atoms with Gasteiger partial charge in [0.2, 0.25) is 5.13 Å². The molecule has 2 aromatic rings.